The molecule has 1 heterocycles. The van der Waals surface area contributed by atoms with Crippen molar-refractivity contribution in [2.45, 2.75) is 0 Å². The van der Waals surface area contributed by atoms with Gasteiger partial charge in [-0.15, -0.1) is 0 Å². The lowest BCUT2D eigenvalue weighted by Crippen LogP contribution is -1.97. The van der Waals surface area contributed by atoms with Gasteiger partial charge in [-0.2, -0.15) is 5.10 Å². The predicted octanol–water partition coefficient (Wildman–Crippen LogP) is 2.00. The SMILES string of the molecule is Cn1nccc1-c1ccccc1[N+](=O)[O-]. The van der Waals surface area contributed by atoms with Crippen LogP contribution in [0.1, 0.15) is 0 Å². The highest BCUT2D eigenvalue weighted by molar-refractivity contribution is 5.70. The molecule has 76 valence electrons. The Balaban J connectivity index is 2.63. The van der Waals surface area contributed by atoms with Gasteiger partial charge in [0, 0.05) is 19.3 Å². The summed E-state index contributed by atoms with van der Waals surface area (Å²) in [6.07, 6.45) is 1.62. The molecule has 0 saturated carbocycles. The number of rotatable bonds is 2. The molecule has 0 aliphatic heterocycles. The van der Waals surface area contributed by atoms with Crippen LogP contribution in [0.15, 0.2) is 36.5 Å². The predicted molar refractivity (Wildman–Crippen MR) is 55.3 cm³/mol. The van der Waals surface area contributed by atoms with Crippen molar-refractivity contribution in [1.82, 2.24) is 9.78 Å². The van der Waals surface area contributed by atoms with E-state index in [4.69, 9.17) is 0 Å². The maximum Gasteiger partial charge on any atom is 0.278 e. The summed E-state index contributed by atoms with van der Waals surface area (Å²) in [6, 6.07) is 8.38. The van der Waals surface area contributed by atoms with E-state index < -0.39 is 0 Å². The van der Waals surface area contributed by atoms with Crippen LogP contribution < -0.4 is 0 Å². The first-order valence-corrected chi connectivity index (χ1v) is 4.42. The van der Waals surface area contributed by atoms with Crippen LogP contribution in [-0.2, 0) is 7.05 Å². The molecule has 0 bridgehead atoms. The molecule has 0 amide bonds. The maximum atomic E-state index is 10.8. The molecule has 0 aliphatic carbocycles. The second-order valence-electron chi connectivity index (χ2n) is 3.11. The van der Waals surface area contributed by atoms with Crippen LogP contribution in [0.2, 0.25) is 0 Å². The molecule has 0 atom stereocenters. The zero-order chi connectivity index (χ0) is 10.8. The molecule has 0 spiro atoms. The van der Waals surface area contributed by atoms with Gasteiger partial charge in [0.15, 0.2) is 0 Å². The molecular formula is C10H9N3O2. The van der Waals surface area contributed by atoms with E-state index in [0.717, 1.165) is 5.69 Å². The van der Waals surface area contributed by atoms with Crippen molar-refractivity contribution in [2.75, 3.05) is 0 Å². The quantitative estimate of drug-likeness (QED) is 0.554. The number of nitro groups is 1. The molecule has 1 aromatic heterocycles. The van der Waals surface area contributed by atoms with Crippen molar-refractivity contribution in [3.05, 3.63) is 46.6 Å². The third-order valence-electron chi connectivity index (χ3n) is 2.20. The van der Waals surface area contributed by atoms with Gasteiger partial charge in [0.2, 0.25) is 0 Å². The maximum absolute atomic E-state index is 10.8. The minimum absolute atomic E-state index is 0.0982. The fourth-order valence-corrected chi connectivity index (χ4v) is 1.49. The summed E-state index contributed by atoms with van der Waals surface area (Å²) in [5.74, 6) is 0. The van der Waals surface area contributed by atoms with E-state index in [-0.39, 0.29) is 10.6 Å². The third-order valence-corrected chi connectivity index (χ3v) is 2.20. The van der Waals surface area contributed by atoms with Crippen molar-refractivity contribution < 1.29 is 4.92 Å². The Morgan fingerprint density at radius 1 is 1.33 bits per heavy atom. The lowest BCUT2D eigenvalue weighted by Gasteiger charge is -2.02. The number of benzene rings is 1. The zero-order valence-corrected chi connectivity index (χ0v) is 8.12. The first-order valence-electron chi connectivity index (χ1n) is 4.42. The van der Waals surface area contributed by atoms with Crippen molar-refractivity contribution in [3.8, 4) is 11.3 Å². The van der Waals surface area contributed by atoms with Gasteiger partial charge in [-0.1, -0.05) is 12.1 Å². The molecule has 0 fully saturated rings. The summed E-state index contributed by atoms with van der Waals surface area (Å²) in [5, 5.41) is 14.8. The Hall–Kier alpha value is -2.17. The summed E-state index contributed by atoms with van der Waals surface area (Å²) >= 11 is 0. The van der Waals surface area contributed by atoms with Crippen LogP contribution in [-0.4, -0.2) is 14.7 Å². The average Bonchev–Trinajstić information content (AvgIpc) is 2.64. The van der Waals surface area contributed by atoms with Gasteiger partial charge in [-0.05, 0) is 12.1 Å². The summed E-state index contributed by atoms with van der Waals surface area (Å²) in [7, 11) is 1.76. The van der Waals surface area contributed by atoms with Crippen LogP contribution in [0.25, 0.3) is 11.3 Å². The molecule has 0 N–H and O–H groups in total. The fraction of sp³-hybridized carbons (Fsp3) is 0.100. The average molecular weight is 203 g/mol. The zero-order valence-electron chi connectivity index (χ0n) is 8.12. The first kappa shape index (κ1) is 9.39. The number of para-hydroxylation sites is 1. The summed E-state index contributed by atoms with van der Waals surface area (Å²) < 4.78 is 1.61. The van der Waals surface area contributed by atoms with E-state index >= 15 is 0 Å². The minimum atomic E-state index is -0.387. The minimum Gasteiger partial charge on any atom is -0.268 e. The fourth-order valence-electron chi connectivity index (χ4n) is 1.49. The van der Waals surface area contributed by atoms with Crippen LogP contribution in [0, 0.1) is 10.1 Å². The molecule has 2 rings (SSSR count). The Kier molecular flexibility index (Phi) is 2.21. The Morgan fingerprint density at radius 2 is 2.07 bits per heavy atom. The number of aromatic nitrogens is 2. The summed E-state index contributed by atoms with van der Waals surface area (Å²) in [5.41, 5.74) is 1.42. The van der Waals surface area contributed by atoms with E-state index in [0.29, 0.717) is 5.56 Å². The topological polar surface area (TPSA) is 61.0 Å². The van der Waals surface area contributed by atoms with Gasteiger partial charge >= 0.3 is 0 Å². The van der Waals surface area contributed by atoms with Crippen molar-refractivity contribution >= 4 is 5.69 Å². The normalized spacial score (nSPS) is 10.2. The van der Waals surface area contributed by atoms with Gasteiger partial charge in [0.05, 0.1) is 16.2 Å². The van der Waals surface area contributed by atoms with E-state index in [1.165, 1.54) is 6.07 Å². The highest BCUT2D eigenvalue weighted by Crippen LogP contribution is 2.28. The smallest absolute Gasteiger partial charge is 0.268 e. The summed E-state index contributed by atoms with van der Waals surface area (Å²) in [4.78, 5) is 10.4. The third kappa shape index (κ3) is 1.59. The van der Waals surface area contributed by atoms with Crippen molar-refractivity contribution in [3.63, 3.8) is 0 Å². The van der Waals surface area contributed by atoms with E-state index in [9.17, 15) is 10.1 Å². The highest BCUT2D eigenvalue weighted by Gasteiger charge is 2.15. The van der Waals surface area contributed by atoms with Gasteiger partial charge in [0.1, 0.15) is 0 Å². The van der Waals surface area contributed by atoms with E-state index in [1.54, 1.807) is 42.2 Å². The van der Waals surface area contributed by atoms with E-state index in [1.807, 2.05) is 0 Å². The van der Waals surface area contributed by atoms with Crippen LogP contribution in [0.3, 0.4) is 0 Å². The highest BCUT2D eigenvalue weighted by atomic mass is 16.6. The number of nitrogens with zero attached hydrogens (tertiary/aromatic N) is 3. The number of nitro benzene ring substituents is 1. The number of hydrogen-bond donors (Lipinski definition) is 0. The molecular weight excluding hydrogens is 194 g/mol. The lowest BCUT2D eigenvalue weighted by atomic mass is 10.1. The second-order valence-corrected chi connectivity index (χ2v) is 3.11. The van der Waals surface area contributed by atoms with E-state index in [2.05, 4.69) is 5.10 Å². The van der Waals surface area contributed by atoms with Gasteiger partial charge in [0.25, 0.3) is 5.69 Å². The molecule has 1 aromatic carbocycles. The lowest BCUT2D eigenvalue weighted by molar-refractivity contribution is -0.384. The van der Waals surface area contributed by atoms with Crippen LogP contribution in [0.5, 0.6) is 0 Å². The van der Waals surface area contributed by atoms with Gasteiger partial charge in [-0.3, -0.25) is 14.8 Å². The van der Waals surface area contributed by atoms with Crippen molar-refractivity contribution in [2.24, 2.45) is 7.05 Å². The molecule has 0 radical (unpaired) electrons. The first-order chi connectivity index (χ1) is 7.20. The Morgan fingerprint density at radius 3 is 2.67 bits per heavy atom. The molecule has 2 aromatic rings. The number of hydrogen-bond acceptors (Lipinski definition) is 3. The number of aryl methyl sites for hydroxylation is 1. The van der Waals surface area contributed by atoms with Gasteiger partial charge in [-0.25, -0.2) is 0 Å². The monoisotopic (exact) mass is 203 g/mol. The second kappa shape index (κ2) is 3.53. The van der Waals surface area contributed by atoms with Crippen molar-refractivity contribution in [1.29, 1.82) is 0 Å². The molecule has 0 aliphatic rings. The molecule has 5 heteroatoms. The molecule has 0 saturated heterocycles. The standard InChI is InChI=1S/C10H9N3O2/c1-12-9(6-7-11-12)8-4-2-3-5-10(8)13(14)15/h2-7H,1H3. The van der Waals surface area contributed by atoms with Crippen LogP contribution in [0.4, 0.5) is 5.69 Å². The Bertz CT molecular complexity index is 505. The van der Waals surface area contributed by atoms with Gasteiger partial charge < -0.3 is 0 Å². The van der Waals surface area contributed by atoms with Crippen LogP contribution >= 0.6 is 0 Å². The largest absolute Gasteiger partial charge is 0.278 e. The summed E-state index contributed by atoms with van der Waals surface area (Å²) in [6.45, 7) is 0. The Labute approximate surface area is 86.1 Å². The molecule has 5 nitrogen and oxygen atoms in total. The molecule has 15 heavy (non-hydrogen) atoms. The molecule has 0 unspecified atom stereocenters.